The number of β-amino-alcohol motifs (C(OH)–C–C–N with tert-alkyl or cyclic N) is 2. The average molecular weight is 280 g/mol. The van der Waals surface area contributed by atoms with Crippen LogP contribution in [0.5, 0.6) is 0 Å². The van der Waals surface area contributed by atoms with Crippen molar-refractivity contribution in [2.24, 2.45) is 0 Å². The van der Waals surface area contributed by atoms with E-state index in [1.807, 2.05) is 0 Å². The van der Waals surface area contributed by atoms with Crippen molar-refractivity contribution in [1.29, 1.82) is 0 Å². The van der Waals surface area contributed by atoms with Gasteiger partial charge >= 0.3 is 0 Å². The summed E-state index contributed by atoms with van der Waals surface area (Å²) >= 11 is 0. The van der Waals surface area contributed by atoms with Crippen molar-refractivity contribution in [1.82, 2.24) is 4.90 Å². The Bertz CT molecular complexity index is 523. The molecule has 20 heavy (non-hydrogen) atoms. The third-order valence-electron chi connectivity index (χ3n) is 3.52. The minimum absolute atomic E-state index is 0.0661. The Hall–Kier alpha value is -1.99. The fourth-order valence-corrected chi connectivity index (χ4v) is 2.27. The Morgan fingerprint density at radius 1 is 1.40 bits per heavy atom. The van der Waals surface area contributed by atoms with Crippen molar-refractivity contribution in [3.8, 4) is 0 Å². The standard InChI is InChI=1S/C13H16N2O5/c1-8(9-3-2-4-10(5-9)15(19)20)13(18)14-6-11(16)12(17)7-14/h2-5,8,11-12,16-17H,6-7H2,1H3/t8?,11-,12+. The smallest absolute Gasteiger partial charge is 0.269 e. The van der Waals surface area contributed by atoms with Gasteiger partial charge in [-0.25, -0.2) is 0 Å². The largest absolute Gasteiger partial charge is 0.388 e. The van der Waals surface area contributed by atoms with Gasteiger partial charge in [-0.15, -0.1) is 0 Å². The molecule has 1 amide bonds. The average Bonchev–Trinajstić information content (AvgIpc) is 2.77. The molecule has 1 fully saturated rings. The lowest BCUT2D eigenvalue weighted by molar-refractivity contribution is -0.384. The van der Waals surface area contributed by atoms with Crippen molar-refractivity contribution in [3.05, 3.63) is 39.9 Å². The summed E-state index contributed by atoms with van der Waals surface area (Å²) in [7, 11) is 0. The number of hydrogen-bond donors (Lipinski definition) is 2. The van der Waals surface area contributed by atoms with Crippen LogP contribution >= 0.6 is 0 Å². The highest BCUT2D eigenvalue weighted by Gasteiger charge is 2.34. The van der Waals surface area contributed by atoms with Gasteiger partial charge in [-0.3, -0.25) is 14.9 Å². The molecule has 0 saturated carbocycles. The predicted molar refractivity (Wildman–Crippen MR) is 70.1 cm³/mol. The van der Waals surface area contributed by atoms with Crippen LogP contribution in [0.4, 0.5) is 5.69 Å². The summed E-state index contributed by atoms with van der Waals surface area (Å²) in [6.45, 7) is 1.82. The van der Waals surface area contributed by atoms with E-state index in [1.165, 1.54) is 23.1 Å². The van der Waals surface area contributed by atoms with Gasteiger partial charge in [0.2, 0.25) is 5.91 Å². The summed E-state index contributed by atoms with van der Waals surface area (Å²) in [6, 6.07) is 5.92. The van der Waals surface area contributed by atoms with E-state index in [2.05, 4.69) is 0 Å². The number of rotatable bonds is 3. The fraction of sp³-hybridized carbons (Fsp3) is 0.462. The number of amides is 1. The predicted octanol–water partition coefficient (Wildman–Crippen LogP) is 0.262. The van der Waals surface area contributed by atoms with Crippen LogP contribution < -0.4 is 0 Å². The Kier molecular flexibility index (Phi) is 4.01. The van der Waals surface area contributed by atoms with Crippen molar-refractivity contribution >= 4 is 11.6 Å². The molecule has 1 aromatic rings. The maximum atomic E-state index is 12.3. The number of aliphatic hydroxyl groups is 2. The van der Waals surface area contributed by atoms with Crippen molar-refractivity contribution in [3.63, 3.8) is 0 Å². The molecule has 108 valence electrons. The Balaban J connectivity index is 2.15. The Morgan fingerprint density at radius 3 is 2.55 bits per heavy atom. The number of likely N-dealkylation sites (tertiary alicyclic amines) is 1. The summed E-state index contributed by atoms with van der Waals surface area (Å²) in [5, 5.41) is 29.6. The lowest BCUT2D eigenvalue weighted by Crippen LogP contribution is -2.33. The Labute approximate surface area is 115 Å². The zero-order chi connectivity index (χ0) is 14.9. The number of carbonyl (C=O) groups excluding carboxylic acids is 1. The second kappa shape index (κ2) is 5.56. The number of non-ortho nitro benzene ring substituents is 1. The highest BCUT2D eigenvalue weighted by Crippen LogP contribution is 2.24. The minimum Gasteiger partial charge on any atom is -0.388 e. The van der Waals surface area contributed by atoms with Gasteiger partial charge in [0.05, 0.1) is 23.0 Å². The number of nitro groups is 1. The van der Waals surface area contributed by atoms with Crippen LogP contribution in [0.25, 0.3) is 0 Å². The molecule has 7 heteroatoms. The highest BCUT2D eigenvalue weighted by atomic mass is 16.6. The lowest BCUT2D eigenvalue weighted by Gasteiger charge is -2.20. The monoisotopic (exact) mass is 280 g/mol. The molecule has 0 aliphatic carbocycles. The van der Waals surface area contributed by atoms with Crippen LogP contribution in [-0.2, 0) is 4.79 Å². The van der Waals surface area contributed by atoms with E-state index in [0.29, 0.717) is 5.56 Å². The summed E-state index contributed by atoms with van der Waals surface area (Å²) in [6.07, 6.45) is -1.87. The molecule has 1 aromatic carbocycles. The fourth-order valence-electron chi connectivity index (χ4n) is 2.27. The molecule has 0 spiro atoms. The normalized spacial score (nSPS) is 23.6. The highest BCUT2D eigenvalue weighted by molar-refractivity contribution is 5.83. The van der Waals surface area contributed by atoms with Gasteiger partial charge in [-0.1, -0.05) is 12.1 Å². The molecular formula is C13H16N2O5. The first-order valence-corrected chi connectivity index (χ1v) is 6.29. The quantitative estimate of drug-likeness (QED) is 0.610. The van der Waals surface area contributed by atoms with Crippen molar-refractivity contribution in [2.75, 3.05) is 13.1 Å². The number of nitro benzene ring substituents is 1. The topological polar surface area (TPSA) is 104 Å². The van der Waals surface area contributed by atoms with Crippen LogP contribution in [-0.4, -0.2) is 51.2 Å². The van der Waals surface area contributed by atoms with E-state index in [0.717, 1.165) is 0 Å². The second-order valence-corrected chi connectivity index (χ2v) is 4.95. The van der Waals surface area contributed by atoms with Gasteiger partial charge in [-0.2, -0.15) is 0 Å². The molecule has 3 atom stereocenters. The number of benzene rings is 1. The first-order valence-electron chi connectivity index (χ1n) is 6.29. The van der Waals surface area contributed by atoms with Gasteiger partial charge in [0.15, 0.2) is 0 Å². The summed E-state index contributed by atoms with van der Waals surface area (Å²) in [5.41, 5.74) is 0.476. The SMILES string of the molecule is CC(C(=O)N1C[C@@H](O)[C@@H](O)C1)c1cccc([N+](=O)[O-])c1. The van der Waals surface area contributed by atoms with Gasteiger partial charge in [0, 0.05) is 25.2 Å². The van der Waals surface area contributed by atoms with Crippen molar-refractivity contribution < 1.29 is 19.9 Å². The molecule has 1 saturated heterocycles. The van der Waals surface area contributed by atoms with Crippen LogP contribution in [0.15, 0.2) is 24.3 Å². The summed E-state index contributed by atoms with van der Waals surface area (Å²) < 4.78 is 0. The van der Waals surface area contributed by atoms with Gasteiger partial charge in [-0.05, 0) is 12.5 Å². The first-order chi connectivity index (χ1) is 9.40. The maximum absolute atomic E-state index is 12.3. The maximum Gasteiger partial charge on any atom is 0.269 e. The first kappa shape index (κ1) is 14.4. The van der Waals surface area contributed by atoms with E-state index >= 15 is 0 Å². The van der Waals surface area contributed by atoms with E-state index in [9.17, 15) is 25.1 Å². The van der Waals surface area contributed by atoms with Gasteiger partial charge in [0.1, 0.15) is 0 Å². The number of aliphatic hydroxyl groups excluding tert-OH is 2. The van der Waals surface area contributed by atoms with E-state index < -0.39 is 23.0 Å². The molecule has 0 bridgehead atoms. The molecule has 0 radical (unpaired) electrons. The second-order valence-electron chi connectivity index (χ2n) is 4.95. The zero-order valence-corrected chi connectivity index (χ0v) is 11.0. The zero-order valence-electron chi connectivity index (χ0n) is 11.0. The molecule has 7 nitrogen and oxygen atoms in total. The van der Waals surface area contributed by atoms with E-state index in [-0.39, 0.29) is 24.7 Å². The van der Waals surface area contributed by atoms with Crippen LogP contribution in [0.1, 0.15) is 18.4 Å². The molecule has 2 rings (SSSR count). The third kappa shape index (κ3) is 2.78. The van der Waals surface area contributed by atoms with Gasteiger partial charge in [0.25, 0.3) is 5.69 Å². The van der Waals surface area contributed by atoms with Crippen LogP contribution in [0, 0.1) is 10.1 Å². The third-order valence-corrected chi connectivity index (χ3v) is 3.52. The number of nitrogens with zero attached hydrogens (tertiary/aromatic N) is 2. The van der Waals surface area contributed by atoms with E-state index in [1.54, 1.807) is 13.0 Å². The van der Waals surface area contributed by atoms with Crippen LogP contribution in [0.3, 0.4) is 0 Å². The van der Waals surface area contributed by atoms with E-state index in [4.69, 9.17) is 0 Å². The molecule has 1 heterocycles. The van der Waals surface area contributed by atoms with Crippen molar-refractivity contribution in [2.45, 2.75) is 25.0 Å². The molecule has 1 aliphatic heterocycles. The summed E-state index contributed by atoms with van der Waals surface area (Å²) in [4.78, 5) is 23.8. The molecule has 1 aliphatic rings. The Morgan fingerprint density at radius 2 is 2.00 bits per heavy atom. The van der Waals surface area contributed by atoms with Gasteiger partial charge < -0.3 is 15.1 Å². The minimum atomic E-state index is -0.934. The molecule has 0 aromatic heterocycles. The summed E-state index contributed by atoms with van der Waals surface area (Å²) in [5.74, 6) is -0.825. The lowest BCUT2D eigenvalue weighted by atomic mass is 9.99. The number of hydrogen-bond acceptors (Lipinski definition) is 5. The molecule has 2 N–H and O–H groups in total. The molecular weight excluding hydrogens is 264 g/mol. The number of carbonyl (C=O) groups is 1. The molecule has 1 unspecified atom stereocenters. The van der Waals surface area contributed by atoms with Crippen LogP contribution in [0.2, 0.25) is 0 Å².